The number of carbonyl (C=O) groups is 3. The van der Waals surface area contributed by atoms with Crippen LogP contribution in [-0.2, 0) is 0 Å². The predicted molar refractivity (Wildman–Crippen MR) is 163 cm³/mol. The molecule has 2 heterocycles. The van der Waals surface area contributed by atoms with Crippen LogP contribution in [0.25, 0.3) is 6.08 Å². The molecule has 1 spiro atoms. The minimum Gasteiger partial charge on any atom is -0.497 e. The Morgan fingerprint density at radius 1 is 0.744 bits per heavy atom. The first-order valence-corrected chi connectivity index (χ1v) is 14.1. The van der Waals surface area contributed by atoms with Crippen molar-refractivity contribution in [1.29, 1.82) is 0 Å². The molecule has 4 aromatic rings. The van der Waals surface area contributed by atoms with Crippen LogP contribution in [0.5, 0.6) is 17.2 Å². The molecule has 0 aromatic heterocycles. The van der Waals surface area contributed by atoms with Crippen molar-refractivity contribution in [1.82, 2.24) is 0 Å². The van der Waals surface area contributed by atoms with Gasteiger partial charge in [0.25, 0.3) is 0 Å². The highest BCUT2D eigenvalue weighted by molar-refractivity contribution is 6.32. The van der Waals surface area contributed by atoms with E-state index in [-0.39, 0.29) is 17.3 Å². The molecule has 1 fully saturated rings. The number of ether oxygens (including phenoxy) is 3. The molecular weight excluding hydrogens is 542 g/mol. The van der Waals surface area contributed by atoms with Gasteiger partial charge in [-0.25, -0.2) is 0 Å². The van der Waals surface area contributed by atoms with Crippen molar-refractivity contribution < 1.29 is 28.6 Å². The zero-order valence-corrected chi connectivity index (χ0v) is 23.9. The van der Waals surface area contributed by atoms with Crippen LogP contribution in [0.1, 0.15) is 48.1 Å². The van der Waals surface area contributed by atoms with Gasteiger partial charge in [-0.2, -0.15) is 0 Å². The summed E-state index contributed by atoms with van der Waals surface area (Å²) in [6, 6.07) is 25.4. The number of nitrogens with zero attached hydrogens (tertiary/aromatic N) is 1. The summed E-state index contributed by atoms with van der Waals surface area (Å²) in [4.78, 5) is 46.4. The maximum Gasteiger partial charge on any atom is 0.185 e. The van der Waals surface area contributed by atoms with E-state index < -0.39 is 23.4 Å². The first-order valence-electron chi connectivity index (χ1n) is 14.1. The standard InChI is InChI=1S/C36H29NO6/c1-41-24-16-12-22(13-17-24)33(38)32-31(23-14-18-28(42-2)29(20-23)43-3)36(34(39)25-9-5-6-10-26(25)35(36)40)30-19-15-21-8-4-7-11-27(21)37(30)32/h4-20,30-32H,1-3H3/t30-,31-,32+/m0/s1. The van der Waals surface area contributed by atoms with Crippen molar-refractivity contribution in [2.24, 2.45) is 5.41 Å². The number of carbonyl (C=O) groups excluding carboxylic acids is 3. The summed E-state index contributed by atoms with van der Waals surface area (Å²) >= 11 is 0. The van der Waals surface area contributed by atoms with Crippen LogP contribution in [0.3, 0.4) is 0 Å². The Morgan fingerprint density at radius 3 is 2.05 bits per heavy atom. The first kappa shape index (κ1) is 26.7. The molecule has 0 saturated carbocycles. The second-order valence-electron chi connectivity index (χ2n) is 11.0. The number of methoxy groups -OCH3 is 3. The second-order valence-corrected chi connectivity index (χ2v) is 11.0. The van der Waals surface area contributed by atoms with Gasteiger partial charge in [-0.1, -0.05) is 60.7 Å². The zero-order valence-electron chi connectivity index (χ0n) is 23.9. The quantitative estimate of drug-likeness (QED) is 0.207. The Hall–Kier alpha value is -5.17. The van der Waals surface area contributed by atoms with Crippen LogP contribution in [-0.4, -0.2) is 50.8 Å². The number of benzene rings is 4. The van der Waals surface area contributed by atoms with Gasteiger partial charge in [0.05, 0.1) is 27.4 Å². The molecule has 0 bridgehead atoms. The van der Waals surface area contributed by atoms with E-state index in [0.29, 0.717) is 39.5 Å². The number of para-hydroxylation sites is 1. The minimum atomic E-state index is -1.60. The summed E-state index contributed by atoms with van der Waals surface area (Å²) in [6.45, 7) is 0. The molecule has 1 saturated heterocycles. The second kappa shape index (κ2) is 9.98. The van der Waals surface area contributed by atoms with Crippen molar-refractivity contribution in [3.8, 4) is 17.2 Å². The van der Waals surface area contributed by atoms with Crippen LogP contribution < -0.4 is 19.1 Å². The summed E-state index contributed by atoms with van der Waals surface area (Å²) in [5.41, 5.74) is 1.95. The molecule has 43 heavy (non-hydrogen) atoms. The molecule has 3 atom stereocenters. The number of hydrogen-bond donors (Lipinski definition) is 0. The van der Waals surface area contributed by atoms with Gasteiger partial charge in [0, 0.05) is 28.3 Å². The Kier molecular flexibility index (Phi) is 6.20. The SMILES string of the molecule is COc1ccc(C(=O)[C@H]2[C@H](c3ccc(OC)c(OC)c3)C3(C(=O)c4ccccc4C3=O)[C@@H]3C=Cc4ccccc4N32)cc1. The van der Waals surface area contributed by atoms with Gasteiger partial charge in [-0.05, 0) is 53.6 Å². The molecule has 7 rings (SSSR count). The van der Waals surface area contributed by atoms with E-state index in [4.69, 9.17) is 14.2 Å². The van der Waals surface area contributed by atoms with E-state index in [1.807, 2.05) is 47.4 Å². The van der Waals surface area contributed by atoms with Crippen LogP contribution in [0.15, 0.2) is 97.1 Å². The van der Waals surface area contributed by atoms with Crippen molar-refractivity contribution >= 4 is 29.1 Å². The lowest BCUT2D eigenvalue weighted by atomic mass is 9.64. The molecular formula is C36H29NO6. The largest absolute Gasteiger partial charge is 0.497 e. The fraction of sp³-hybridized carbons (Fsp3) is 0.194. The van der Waals surface area contributed by atoms with E-state index in [2.05, 4.69) is 0 Å². The van der Waals surface area contributed by atoms with Crippen LogP contribution >= 0.6 is 0 Å². The summed E-state index contributed by atoms with van der Waals surface area (Å²) in [6.07, 6.45) is 3.87. The monoisotopic (exact) mass is 571 g/mol. The Morgan fingerprint density at radius 2 is 1.40 bits per heavy atom. The molecule has 7 heteroatoms. The average molecular weight is 572 g/mol. The van der Waals surface area contributed by atoms with Gasteiger partial charge in [0.15, 0.2) is 28.8 Å². The van der Waals surface area contributed by atoms with Gasteiger partial charge in [-0.15, -0.1) is 0 Å². The maximum atomic E-state index is 14.8. The first-order chi connectivity index (χ1) is 20.9. The minimum absolute atomic E-state index is 0.203. The molecule has 0 unspecified atom stereocenters. The average Bonchev–Trinajstić information content (AvgIpc) is 3.50. The molecule has 4 aromatic carbocycles. The van der Waals surface area contributed by atoms with Crippen LogP contribution in [0.4, 0.5) is 5.69 Å². The normalized spacial score (nSPS) is 20.9. The van der Waals surface area contributed by atoms with Crippen molar-refractivity contribution in [3.05, 3.63) is 125 Å². The third-order valence-electron chi connectivity index (χ3n) is 9.12. The highest BCUT2D eigenvalue weighted by Gasteiger charge is 2.71. The highest BCUT2D eigenvalue weighted by Crippen LogP contribution is 2.61. The molecule has 0 amide bonds. The third-order valence-corrected chi connectivity index (χ3v) is 9.12. The van der Waals surface area contributed by atoms with Crippen LogP contribution in [0.2, 0.25) is 0 Å². The van der Waals surface area contributed by atoms with Crippen LogP contribution in [0, 0.1) is 5.41 Å². The Balaban J connectivity index is 1.54. The number of anilines is 1. The molecule has 0 radical (unpaired) electrons. The number of rotatable bonds is 6. The molecule has 0 N–H and O–H groups in total. The number of ketones is 3. The van der Waals surface area contributed by atoms with Gasteiger partial charge in [0.2, 0.25) is 0 Å². The van der Waals surface area contributed by atoms with Gasteiger partial charge in [-0.3, -0.25) is 14.4 Å². The van der Waals surface area contributed by atoms with Gasteiger partial charge < -0.3 is 19.1 Å². The topological polar surface area (TPSA) is 82.1 Å². The smallest absolute Gasteiger partial charge is 0.185 e. The van der Waals surface area contributed by atoms with E-state index >= 15 is 0 Å². The predicted octanol–water partition coefficient (Wildman–Crippen LogP) is 6.03. The number of Topliss-reactive ketones (excluding diaryl/α,β-unsaturated/α-hetero) is 3. The molecule has 7 nitrogen and oxygen atoms in total. The molecule has 1 aliphatic carbocycles. The van der Waals surface area contributed by atoms with E-state index in [1.54, 1.807) is 74.9 Å². The summed E-state index contributed by atoms with van der Waals surface area (Å²) in [5, 5.41) is 0. The summed E-state index contributed by atoms with van der Waals surface area (Å²) < 4.78 is 16.5. The number of hydrogen-bond acceptors (Lipinski definition) is 7. The number of fused-ring (bicyclic) bond motifs is 5. The van der Waals surface area contributed by atoms with Gasteiger partial charge >= 0.3 is 0 Å². The molecule has 3 aliphatic rings. The van der Waals surface area contributed by atoms with E-state index in [9.17, 15) is 14.4 Å². The Labute approximate surface area is 249 Å². The summed E-state index contributed by atoms with van der Waals surface area (Å²) in [7, 11) is 4.66. The lowest BCUT2D eigenvalue weighted by Crippen LogP contribution is -2.48. The lowest BCUT2D eigenvalue weighted by molar-refractivity contribution is 0.0665. The third kappa shape index (κ3) is 3.64. The fourth-order valence-corrected chi connectivity index (χ4v) is 7.26. The molecule has 214 valence electrons. The van der Waals surface area contributed by atoms with E-state index in [0.717, 1.165) is 11.3 Å². The van der Waals surface area contributed by atoms with Crippen molar-refractivity contribution in [3.63, 3.8) is 0 Å². The summed E-state index contributed by atoms with van der Waals surface area (Å²) in [5.74, 6) is -0.0414. The molecule has 2 aliphatic heterocycles. The highest BCUT2D eigenvalue weighted by atomic mass is 16.5. The van der Waals surface area contributed by atoms with Crippen molar-refractivity contribution in [2.75, 3.05) is 26.2 Å². The Bertz CT molecular complexity index is 1790. The fourth-order valence-electron chi connectivity index (χ4n) is 7.26. The zero-order chi connectivity index (χ0) is 29.9. The van der Waals surface area contributed by atoms with Gasteiger partial charge in [0.1, 0.15) is 17.2 Å². The van der Waals surface area contributed by atoms with Crippen molar-refractivity contribution in [2.45, 2.75) is 18.0 Å². The van der Waals surface area contributed by atoms with E-state index in [1.165, 1.54) is 7.11 Å². The maximum absolute atomic E-state index is 14.8. The lowest BCUT2D eigenvalue weighted by Gasteiger charge is -2.37.